The van der Waals surface area contributed by atoms with Gasteiger partial charge in [0.05, 0.1) is 12.6 Å². The minimum Gasteiger partial charge on any atom is -0.478 e. The number of carboxylic acids is 1. The quantitative estimate of drug-likeness (QED) is 0.536. The summed E-state index contributed by atoms with van der Waals surface area (Å²) in [5, 5.41) is 11.9. The number of carbonyl (C=O) groups is 3. The molecule has 0 radical (unpaired) electrons. The maximum absolute atomic E-state index is 12.8. The fraction of sp³-hybridized carbons (Fsp3) is 0.762. The van der Waals surface area contributed by atoms with Gasteiger partial charge in [-0.3, -0.25) is 9.59 Å². The molecule has 0 aliphatic carbocycles. The Hall–Kier alpha value is -1.85. The molecule has 2 N–H and O–H groups in total. The number of hydrogen-bond donors (Lipinski definition) is 2. The summed E-state index contributed by atoms with van der Waals surface area (Å²) in [6, 6.07) is -0.344. The zero-order chi connectivity index (χ0) is 21.4. The Morgan fingerprint density at radius 2 is 1.63 bits per heavy atom. The van der Waals surface area contributed by atoms with Crippen LogP contribution in [0.3, 0.4) is 0 Å². The van der Waals surface area contributed by atoms with E-state index in [1.165, 1.54) is 11.8 Å². The number of amides is 2. The SMILES string of the molecule is CCC(CC)(CC(C)C)C(=O)NCC(=O)N(C)[C@H](/C=C(\C)C(=O)O)C(C)C. The number of aliphatic carboxylic acids is 1. The van der Waals surface area contributed by atoms with Crippen molar-refractivity contribution in [1.82, 2.24) is 10.2 Å². The highest BCUT2D eigenvalue weighted by atomic mass is 16.4. The second kappa shape index (κ2) is 11.1. The minimum atomic E-state index is -1.00. The summed E-state index contributed by atoms with van der Waals surface area (Å²) < 4.78 is 0. The maximum Gasteiger partial charge on any atom is 0.331 e. The van der Waals surface area contributed by atoms with E-state index in [1.54, 1.807) is 13.1 Å². The van der Waals surface area contributed by atoms with Gasteiger partial charge in [-0.2, -0.15) is 0 Å². The summed E-state index contributed by atoms with van der Waals surface area (Å²) in [6.45, 7) is 13.5. The third-order valence-corrected chi connectivity index (χ3v) is 5.32. The van der Waals surface area contributed by atoms with Crippen molar-refractivity contribution in [3.8, 4) is 0 Å². The molecule has 0 aromatic heterocycles. The van der Waals surface area contributed by atoms with E-state index < -0.39 is 11.4 Å². The van der Waals surface area contributed by atoms with E-state index in [0.29, 0.717) is 5.92 Å². The summed E-state index contributed by atoms with van der Waals surface area (Å²) in [5.41, 5.74) is -0.255. The topological polar surface area (TPSA) is 86.7 Å². The Morgan fingerprint density at radius 3 is 2.00 bits per heavy atom. The summed E-state index contributed by atoms with van der Waals surface area (Å²) in [7, 11) is 1.64. The molecule has 1 atom stereocenters. The van der Waals surface area contributed by atoms with Crippen molar-refractivity contribution in [2.75, 3.05) is 13.6 Å². The molecule has 0 heterocycles. The molecule has 0 fully saturated rings. The van der Waals surface area contributed by atoms with Crippen molar-refractivity contribution >= 4 is 17.8 Å². The highest BCUT2D eigenvalue weighted by Crippen LogP contribution is 2.34. The van der Waals surface area contributed by atoms with Gasteiger partial charge in [0.25, 0.3) is 0 Å². The summed E-state index contributed by atoms with van der Waals surface area (Å²) in [5.74, 6) is -0.874. The van der Waals surface area contributed by atoms with E-state index in [1.807, 2.05) is 27.7 Å². The summed E-state index contributed by atoms with van der Waals surface area (Å²) in [4.78, 5) is 38.0. The third-order valence-electron chi connectivity index (χ3n) is 5.32. The standard InChI is InChI=1S/C21H38N2O4/c1-9-21(10-2,12-14(3)4)20(27)22-13-18(24)23(8)17(15(5)6)11-16(7)19(25)26/h11,14-15,17H,9-10,12-13H2,1-8H3,(H,22,27)(H,25,26)/b16-11+/t17-/m1/s1. The highest BCUT2D eigenvalue weighted by Gasteiger charge is 2.35. The Morgan fingerprint density at radius 1 is 1.11 bits per heavy atom. The number of carboxylic acid groups (broad SMARTS) is 1. The fourth-order valence-corrected chi connectivity index (χ4v) is 3.45. The van der Waals surface area contributed by atoms with Crippen LogP contribution in [-0.4, -0.2) is 47.4 Å². The van der Waals surface area contributed by atoms with Gasteiger partial charge in [0.1, 0.15) is 0 Å². The van der Waals surface area contributed by atoms with Crippen LogP contribution in [0, 0.1) is 17.3 Å². The lowest BCUT2D eigenvalue weighted by Crippen LogP contribution is -2.48. The van der Waals surface area contributed by atoms with Gasteiger partial charge in [0.2, 0.25) is 11.8 Å². The third kappa shape index (κ3) is 7.35. The molecule has 0 saturated carbocycles. The van der Waals surface area contributed by atoms with E-state index in [2.05, 4.69) is 19.2 Å². The molecule has 0 unspecified atom stereocenters. The van der Waals surface area contributed by atoms with E-state index in [4.69, 9.17) is 5.11 Å². The number of carbonyl (C=O) groups excluding carboxylic acids is 2. The van der Waals surface area contributed by atoms with Crippen LogP contribution in [0.1, 0.15) is 67.7 Å². The van der Waals surface area contributed by atoms with Crippen LogP contribution in [0.4, 0.5) is 0 Å². The molecule has 0 bridgehead atoms. The number of nitrogens with zero attached hydrogens (tertiary/aromatic N) is 1. The van der Waals surface area contributed by atoms with Crippen LogP contribution in [0.25, 0.3) is 0 Å². The molecule has 0 aliphatic rings. The van der Waals surface area contributed by atoms with Crippen molar-refractivity contribution < 1.29 is 19.5 Å². The average Bonchev–Trinajstić information content (AvgIpc) is 2.60. The van der Waals surface area contributed by atoms with Gasteiger partial charge in [-0.1, -0.05) is 47.6 Å². The van der Waals surface area contributed by atoms with Gasteiger partial charge in [-0.15, -0.1) is 0 Å². The van der Waals surface area contributed by atoms with E-state index in [-0.39, 0.29) is 35.9 Å². The van der Waals surface area contributed by atoms with Crippen molar-refractivity contribution in [1.29, 1.82) is 0 Å². The number of nitrogens with one attached hydrogen (secondary N) is 1. The van der Waals surface area contributed by atoms with Crippen LogP contribution < -0.4 is 5.32 Å². The van der Waals surface area contributed by atoms with E-state index >= 15 is 0 Å². The van der Waals surface area contributed by atoms with Gasteiger partial charge < -0.3 is 15.3 Å². The molecule has 0 aliphatic heterocycles. The summed E-state index contributed by atoms with van der Waals surface area (Å²) in [6.07, 6.45) is 3.83. The van der Waals surface area contributed by atoms with Crippen LogP contribution in [0.15, 0.2) is 11.6 Å². The lowest BCUT2D eigenvalue weighted by Gasteiger charge is -2.33. The number of likely N-dealkylation sites (N-methyl/N-ethyl adjacent to an activating group) is 1. The van der Waals surface area contributed by atoms with Crippen LogP contribution in [-0.2, 0) is 14.4 Å². The number of rotatable bonds is 11. The van der Waals surface area contributed by atoms with Gasteiger partial charge >= 0.3 is 5.97 Å². The first kappa shape index (κ1) is 25.1. The zero-order valence-corrected chi connectivity index (χ0v) is 18.3. The highest BCUT2D eigenvalue weighted by molar-refractivity contribution is 5.88. The molecule has 156 valence electrons. The van der Waals surface area contributed by atoms with Crippen molar-refractivity contribution in [2.45, 2.75) is 73.8 Å². The minimum absolute atomic E-state index is 0.0512. The smallest absolute Gasteiger partial charge is 0.331 e. The molecule has 0 rings (SSSR count). The first-order chi connectivity index (χ1) is 12.4. The van der Waals surface area contributed by atoms with Crippen molar-refractivity contribution in [3.05, 3.63) is 11.6 Å². The summed E-state index contributed by atoms with van der Waals surface area (Å²) >= 11 is 0. The molecule has 0 aromatic rings. The van der Waals surface area contributed by atoms with Gasteiger partial charge in [-0.05, 0) is 38.0 Å². The Kier molecular flexibility index (Phi) is 10.3. The molecule has 6 heteroatoms. The lowest BCUT2D eigenvalue weighted by molar-refractivity contribution is -0.137. The van der Waals surface area contributed by atoms with Crippen molar-refractivity contribution in [2.24, 2.45) is 17.3 Å². The molecule has 2 amide bonds. The largest absolute Gasteiger partial charge is 0.478 e. The second-order valence-corrected chi connectivity index (χ2v) is 8.16. The maximum atomic E-state index is 12.8. The molecular weight excluding hydrogens is 344 g/mol. The Labute approximate surface area is 164 Å². The van der Waals surface area contributed by atoms with E-state index in [9.17, 15) is 14.4 Å². The van der Waals surface area contributed by atoms with Gasteiger partial charge in [0.15, 0.2) is 0 Å². The van der Waals surface area contributed by atoms with Crippen LogP contribution in [0.5, 0.6) is 0 Å². The van der Waals surface area contributed by atoms with Crippen molar-refractivity contribution in [3.63, 3.8) is 0 Å². The monoisotopic (exact) mass is 382 g/mol. The van der Waals surface area contributed by atoms with Crippen LogP contribution >= 0.6 is 0 Å². The first-order valence-corrected chi connectivity index (χ1v) is 9.87. The molecule has 0 saturated heterocycles. The normalized spacial score (nSPS) is 13.6. The Balaban J connectivity index is 5.17. The molecule has 27 heavy (non-hydrogen) atoms. The van der Waals surface area contributed by atoms with Crippen LogP contribution in [0.2, 0.25) is 0 Å². The predicted molar refractivity (Wildman–Crippen MR) is 108 cm³/mol. The number of hydrogen-bond acceptors (Lipinski definition) is 3. The molecule has 0 spiro atoms. The average molecular weight is 383 g/mol. The van der Waals surface area contributed by atoms with Gasteiger partial charge in [-0.25, -0.2) is 4.79 Å². The molecule has 6 nitrogen and oxygen atoms in total. The van der Waals surface area contributed by atoms with Gasteiger partial charge in [0, 0.05) is 18.0 Å². The molecular formula is C21H38N2O4. The predicted octanol–water partition coefficient (Wildman–Crippen LogP) is 3.47. The molecule has 0 aromatic carbocycles. The zero-order valence-electron chi connectivity index (χ0n) is 18.3. The van der Waals surface area contributed by atoms with E-state index in [0.717, 1.165) is 19.3 Å². The first-order valence-electron chi connectivity index (χ1n) is 9.87. The fourth-order valence-electron chi connectivity index (χ4n) is 3.45. The second-order valence-electron chi connectivity index (χ2n) is 8.16. The lowest BCUT2D eigenvalue weighted by atomic mass is 9.75. The Bertz CT molecular complexity index is 548.